The third kappa shape index (κ3) is 3.47. The molecule has 126 valence electrons. The number of piperidine rings is 1. The Hall–Kier alpha value is -1.30. The van der Waals surface area contributed by atoms with Gasteiger partial charge in [0.15, 0.2) is 0 Å². The summed E-state index contributed by atoms with van der Waals surface area (Å²) in [6, 6.07) is 7.92. The molecule has 23 heavy (non-hydrogen) atoms. The molecule has 1 aromatic heterocycles. The Morgan fingerprint density at radius 1 is 1.26 bits per heavy atom. The number of carbonyl (C=O) groups is 1. The number of hydrogen-bond acceptors (Lipinski definition) is 3. The zero-order valence-electron chi connectivity index (χ0n) is 12.8. The second-order valence-electron chi connectivity index (χ2n) is 6.29. The number of nitrogens with zero attached hydrogens (tertiary/aromatic N) is 1. The van der Waals surface area contributed by atoms with Crippen molar-refractivity contribution in [3.8, 4) is 0 Å². The summed E-state index contributed by atoms with van der Waals surface area (Å²) >= 11 is 0. The van der Waals surface area contributed by atoms with Crippen molar-refractivity contribution in [2.24, 2.45) is 11.3 Å². The van der Waals surface area contributed by atoms with Crippen LogP contribution in [0.25, 0.3) is 11.0 Å². The van der Waals surface area contributed by atoms with Crippen LogP contribution in [0.3, 0.4) is 0 Å². The van der Waals surface area contributed by atoms with Gasteiger partial charge < -0.3 is 15.6 Å². The number of benzene rings is 1. The third-order valence-electron chi connectivity index (χ3n) is 4.97. The number of carbonyl (C=O) groups excluding carboxylic acids is 1. The lowest BCUT2D eigenvalue weighted by Crippen LogP contribution is -2.33. The van der Waals surface area contributed by atoms with Gasteiger partial charge >= 0.3 is 0 Å². The van der Waals surface area contributed by atoms with E-state index in [1.54, 1.807) is 0 Å². The van der Waals surface area contributed by atoms with E-state index < -0.39 is 0 Å². The number of rotatable bonds is 3. The Morgan fingerprint density at radius 2 is 2.00 bits per heavy atom. The summed E-state index contributed by atoms with van der Waals surface area (Å²) in [6.45, 7) is 2.58. The Balaban J connectivity index is 0.000000960. The average molecular weight is 357 g/mol. The van der Waals surface area contributed by atoms with E-state index in [1.807, 2.05) is 24.3 Å². The first-order valence-corrected chi connectivity index (χ1v) is 7.69. The predicted octanol–water partition coefficient (Wildman–Crippen LogP) is 2.41. The lowest BCUT2D eigenvalue weighted by Gasteiger charge is -2.23. The normalized spacial score (nSPS) is 21.3. The summed E-state index contributed by atoms with van der Waals surface area (Å²) in [5.74, 6) is 1.23. The Morgan fingerprint density at radius 3 is 2.74 bits per heavy atom. The minimum absolute atomic E-state index is 0. The Labute approximate surface area is 147 Å². The molecule has 0 radical (unpaired) electrons. The largest absolute Gasteiger partial charge is 0.349 e. The van der Waals surface area contributed by atoms with Gasteiger partial charge in [-0.1, -0.05) is 12.1 Å². The maximum absolute atomic E-state index is 12.3. The highest BCUT2D eigenvalue weighted by atomic mass is 35.5. The summed E-state index contributed by atoms with van der Waals surface area (Å²) in [6.07, 6.45) is 3.33. The summed E-state index contributed by atoms with van der Waals surface area (Å²) in [5, 5.41) is 6.41. The molecular weight excluding hydrogens is 335 g/mol. The van der Waals surface area contributed by atoms with Gasteiger partial charge in [-0.05, 0) is 49.9 Å². The average Bonchev–Trinajstić information content (AvgIpc) is 3.04. The van der Waals surface area contributed by atoms with E-state index in [9.17, 15) is 4.79 Å². The maximum atomic E-state index is 12.3. The van der Waals surface area contributed by atoms with Gasteiger partial charge in [0.2, 0.25) is 5.91 Å². The Kier molecular flexibility index (Phi) is 5.55. The molecule has 1 saturated heterocycles. The van der Waals surface area contributed by atoms with Gasteiger partial charge in [-0.2, -0.15) is 0 Å². The van der Waals surface area contributed by atoms with E-state index >= 15 is 0 Å². The van der Waals surface area contributed by atoms with Crippen LogP contribution in [0.15, 0.2) is 24.3 Å². The molecule has 1 aliphatic carbocycles. The van der Waals surface area contributed by atoms with Crippen LogP contribution in [-0.2, 0) is 11.3 Å². The molecule has 1 amide bonds. The number of halogens is 2. The molecule has 1 aromatic carbocycles. The molecule has 2 heterocycles. The number of aromatic amines is 1. The van der Waals surface area contributed by atoms with E-state index in [0.29, 0.717) is 12.0 Å². The van der Waals surface area contributed by atoms with Crippen LogP contribution in [0.2, 0.25) is 0 Å². The minimum Gasteiger partial charge on any atom is -0.349 e. The highest BCUT2D eigenvalue weighted by molar-refractivity contribution is 5.85. The van der Waals surface area contributed by atoms with E-state index in [1.165, 1.54) is 0 Å². The molecule has 5 nitrogen and oxygen atoms in total. The predicted molar refractivity (Wildman–Crippen MR) is 95.1 cm³/mol. The highest BCUT2D eigenvalue weighted by Crippen LogP contribution is 2.58. The van der Waals surface area contributed by atoms with Crippen LogP contribution >= 0.6 is 24.8 Å². The van der Waals surface area contributed by atoms with Crippen LogP contribution in [0.4, 0.5) is 0 Å². The molecule has 4 rings (SSSR count). The second-order valence-corrected chi connectivity index (χ2v) is 6.29. The first kappa shape index (κ1) is 18.0. The van der Waals surface area contributed by atoms with E-state index in [0.717, 1.165) is 49.2 Å². The molecule has 1 atom stereocenters. The van der Waals surface area contributed by atoms with Gasteiger partial charge in [0.05, 0.1) is 17.6 Å². The van der Waals surface area contributed by atoms with Gasteiger partial charge in [-0.25, -0.2) is 4.98 Å². The molecule has 1 saturated carbocycles. The minimum atomic E-state index is 0. The number of imidazole rings is 1. The van der Waals surface area contributed by atoms with Crippen LogP contribution in [0, 0.1) is 11.3 Å². The van der Waals surface area contributed by atoms with Crippen LogP contribution < -0.4 is 10.6 Å². The molecule has 1 spiro atoms. The van der Waals surface area contributed by atoms with Gasteiger partial charge in [0.1, 0.15) is 5.82 Å². The lowest BCUT2D eigenvalue weighted by atomic mass is 9.92. The van der Waals surface area contributed by atoms with E-state index in [2.05, 4.69) is 20.6 Å². The molecule has 1 aliphatic heterocycles. The van der Waals surface area contributed by atoms with Crippen molar-refractivity contribution in [1.82, 2.24) is 20.6 Å². The number of aromatic nitrogens is 2. The first-order chi connectivity index (χ1) is 10.3. The molecule has 2 aromatic rings. The summed E-state index contributed by atoms with van der Waals surface area (Å²) in [5.41, 5.74) is 2.26. The number of para-hydroxylation sites is 2. The van der Waals surface area contributed by atoms with Crippen molar-refractivity contribution in [1.29, 1.82) is 0 Å². The fraction of sp³-hybridized carbons (Fsp3) is 0.500. The first-order valence-electron chi connectivity index (χ1n) is 7.69. The van der Waals surface area contributed by atoms with E-state index in [4.69, 9.17) is 0 Å². The van der Waals surface area contributed by atoms with Crippen molar-refractivity contribution < 1.29 is 4.79 Å². The zero-order valence-corrected chi connectivity index (χ0v) is 14.4. The summed E-state index contributed by atoms with van der Waals surface area (Å²) in [4.78, 5) is 20.0. The van der Waals surface area contributed by atoms with Crippen molar-refractivity contribution in [3.63, 3.8) is 0 Å². The second kappa shape index (κ2) is 7.07. The fourth-order valence-corrected chi connectivity index (χ4v) is 3.58. The standard InChI is InChI=1S/C16H20N4O.2ClH/c21-15(11-9-16(11)5-7-17-8-6-16)18-10-14-19-12-3-1-2-4-13(12)20-14;;/h1-4,11,17H,5-10H2,(H,18,21)(H,19,20);2*1H. The van der Waals surface area contributed by atoms with Gasteiger partial charge in [-0.3, -0.25) is 4.79 Å². The van der Waals surface area contributed by atoms with Crippen LogP contribution in [0.1, 0.15) is 25.1 Å². The summed E-state index contributed by atoms with van der Waals surface area (Å²) in [7, 11) is 0. The topological polar surface area (TPSA) is 69.8 Å². The van der Waals surface area contributed by atoms with Crippen molar-refractivity contribution >= 4 is 41.8 Å². The van der Waals surface area contributed by atoms with Crippen molar-refractivity contribution in [2.45, 2.75) is 25.8 Å². The van der Waals surface area contributed by atoms with Crippen molar-refractivity contribution in [3.05, 3.63) is 30.1 Å². The number of fused-ring (bicyclic) bond motifs is 1. The third-order valence-corrected chi connectivity index (χ3v) is 4.97. The molecule has 0 bridgehead atoms. The quantitative estimate of drug-likeness (QED) is 0.790. The molecular formula is C16H22Cl2N4O. The number of nitrogens with one attached hydrogen (secondary N) is 3. The van der Waals surface area contributed by atoms with Crippen LogP contribution in [-0.4, -0.2) is 29.0 Å². The fourth-order valence-electron chi connectivity index (χ4n) is 3.58. The Bertz CT molecular complexity index is 649. The van der Waals surface area contributed by atoms with Gasteiger partial charge in [0, 0.05) is 5.92 Å². The molecule has 3 N–H and O–H groups in total. The SMILES string of the molecule is Cl.Cl.O=C(NCc1nc2ccccc2[nH]1)C1CC12CCNCC2. The molecule has 7 heteroatoms. The molecule has 2 aliphatic rings. The lowest BCUT2D eigenvalue weighted by molar-refractivity contribution is -0.123. The van der Waals surface area contributed by atoms with E-state index in [-0.39, 0.29) is 36.6 Å². The maximum Gasteiger partial charge on any atom is 0.224 e. The van der Waals surface area contributed by atoms with Crippen molar-refractivity contribution in [2.75, 3.05) is 13.1 Å². The molecule has 1 unspecified atom stereocenters. The highest BCUT2D eigenvalue weighted by Gasteiger charge is 2.57. The monoisotopic (exact) mass is 356 g/mol. The summed E-state index contributed by atoms with van der Waals surface area (Å²) < 4.78 is 0. The van der Waals surface area contributed by atoms with Gasteiger partial charge in [-0.15, -0.1) is 24.8 Å². The number of amides is 1. The molecule has 2 fully saturated rings. The van der Waals surface area contributed by atoms with Gasteiger partial charge in [0.25, 0.3) is 0 Å². The number of hydrogen-bond donors (Lipinski definition) is 3. The zero-order chi connectivity index (χ0) is 14.3. The van der Waals surface area contributed by atoms with Crippen LogP contribution in [0.5, 0.6) is 0 Å². The number of H-pyrrole nitrogens is 1. The smallest absolute Gasteiger partial charge is 0.224 e.